The van der Waals surface area contributed by atoms with Crippen molar-refractivity contribution in [1.82, 2.24) is 9.78 Å². The van der Waals surface area contributed by atoms with E-state index in [4.69, 9.17) is 20.8 Å². The van der Waals surface area contributed by atoms with Crippen LogP contribution in [0.25, 0.3) is 0 Å². The van der Waals surface area contributed by atoms with Gasteiger partial charge in [-0.3, -0.25) is 9.48 Å². The van der Waals surface area contributed by atoms with E-state index in [2.05, 4.69) is 15.2 Å². The molecule has 0 unspecified atom stereocenters. The average molecular weight is 484 g/mol. The number of nitrogens with one attached hydrogen (secondary N) is 1. The predicted molar refractivity (Wildman–Crippen MR) is 122 cm³/mol. The second kappa shape index (κ2) is 10.2. The summed E-state index contributed by atoms with van der Waals surface area (Å²) in [6.07, 6.45) is 1.50. The topological polar surface area (TPSA) is 95.6 Å². The molecule has 2 aromatic heterocycles. The molecule has 4 aromatic rings. The van der Waals surface area contributed by atoms with Crippen LogP contribution in [0, 0.1) is 5.82 Å². The van der Waals surface area contributed by atoms with E-state index in [1.165, 1.54) is 30.1 Å². The van der Waals surface area contributed by atoms with Crippen LogP contribution in [0.3, 0.4) is 0 Å². The molecule has 1 amide bonds. The van der Waals surface area contributed by atoms with Crippen LogP contribution >= 0.6 is 11.6 Å². The summed E-state index contributed by atoms with van der Waals surface area (Å²) in [5, 5.41) is 6.99. The molecule has 0 bridgehead atoms. The van der Waals surface area contributed by atoms with Crippen LogP contribution in [0.15, 0.2) is 71.3 Å². The summed E-state index contributed by atoms with van der Waals surface area (Å²) < 4.78 is 31.1. The number of furan rings is 1. The van der Waals surface area contributed by atoms with E-state index in [9.17, 15) is 14.0 Å². The quantitative estimate of drug-likeness (QED) is 0.357. The molecule has 0 aliphatic heterocycles. The van der Waals surface area contributed by atoms with Gasteiger partial charge in [-0.15, -0.1) is 0 Å². The van der Waals surface area contributed by atoms with Gasteiger partial charge in [-0.2, -0.15) is 5.10 Å². The lowest BCUT2D eigenvalue weighted by atomic mass is 10.2. The smallest absolute Gasteiger partial charge is 0.337 e. The van der Waals surface area contributed by atoms with Gasteiger partial charge in [0.15, 0.2) is 11.6 Å². The van der Waals surface area contributed by atoms with E-state index in [0.29, 0.717) is 22.6 Å². The molecule has 34 heavy (non-hydrogen) atoms. The van der Waals surface area contributed by atoms with E-state index in [-0.39, 0.29) is 35.6 Å². The number of rotatable bonds is 8. The Kier molecular flexibility index (Phi) is 6.93. The first-order valence-corrected chi connectivity index (χ1v) is 10.5. The summed E-state index contributed by atoms with van der Waals surface area (Å²) in [6.45, 7) is 0.230. The molecular weight excluding hydrogens is 465 g/mol. The Balaban J connectivity index is 1.35. The first kappa shape index (κ1) is 23.1. The molecular formula is C24H19ClFN3O5. The molecule has 0 aliphatic rings. The highest BCUT2D eigenvalue weighted by molar-refractivity contribution is 6.33. The highest BCUT2D eigenvalue weighted by Crippen LogP contribution is 2.22. The molecule has 4 rings (SSSR count). The summed E-state index contributed by atoms with van der Waals surface area (Å²) in [7, 11) is 1.31. The first-order chi connectivity index (χ1) is 16.4. The standard InChI is InChI=1S/C24H19ClFN3O5/c1-32-24(31)15-6-8-17(9-7-15)33-14-18-10-11-21(34-18)23(30)27-22-19(25)13-29(28-22)12-16-4-2-3-5-20(16)26/h2-11,13H,12,14H2,1H3,(H,27,28,30). The van der Waals surface area contributed by atoms with Crippen molar-refractivity contribution in [3.8, 4) is 5.75 Å². The summed E-state index contributed by atoms with van der Waals surface area (Å²) in [5.41, 5.74) is 0.844. The Morgan fingerprint density at radius 2 is 1.88 bits per heavy atom. The molecule has 0 atom stereocenters. The van der Waals surface area contributed by atoms with Gasteiger partial charge in [-0.25, -0.2) is 9.18 Å². The summed E-state index contributed by atoms with van der Waals surface area (Å²) >= 11 is 6.17. The molecule has 0 saturated heterocycles. The number of esters is 1. The highest BCUT2D eigenvalue weighted by Gasteiger charge is 2.16. The zero-order valence-corrected chi connectivity index (χ0v) is 18.7. The van der Waals surface area contributed by atoms with Crippen LogP contribution in [0.2, 0.25) is 5.02 Å². The Labute approximate surface area is 198 Å². The predicted octanol–water partition coefficient (Wildman–Crippen LogP) is 4.93. The minimum absolute atomic E-state index is 0.0411. The van der Waals surface area contributed by atoms with Crippen LogP contribution in [0.5, 0.6) is 5.75 Å². The second-order valence-electron chi connectivity index (χ2n) is 7.14. The maximum Gasteiger partial charge on any atom is 0.337 e. The number of benzene rings is 2. The lowest BCUT2D eigenvalue weighted by molar-refractivity contribution is 0.0600. The number of ether oxygens (including phenoxy) is 2. The largest absolute Gasteiger partial charge is 0.486 e. The number of hydrogen-bond acceptors (Lipinski definition) is 6. The number of hydrogen-bond donors (Lipinski definition) is 1. The van der Waals surface area contributed by atoms with Gasteiger partial charge in [-0.05, 0) is 42.5 Å². The van der Waals surface area contributed by atoms with E-state index in [0.717, 1.165) is 0 Å². The number of carbonyl (C=O) groups excluding carboxylic acids is 2. The molecule has 2 heterocycles. The number of methoxy groups -OCH3 is 1. The van der Waals surface area contributed by atoms with Gasteiger partial charge in [0, 0.05) is 11.8 Å². The average Bonchev–Trinajstić information content (AvgIpc) is 3.45. The molecule has 0 spiro atoms. The van der Waals surface area contributed by atoms with Crippen LogP contribution in [-0.2, 0) is 17.9 Å². The zero-order valence-electron chi connectivity index (χ0n) is 18.0. The molecule has 10 heteroatoms. The first-order valence-electron chi connectivity index (χ1n) is 10.1. The molecule has 0 saturated carbocycles. The second-order valence-corrected chi connectivity index (χ2v) is 7.55. The van der Waals surface area contributed by atoms with Crippen molar-refractivity contribution in [3.63, 3.8) is 0 Å². The SMILES string of the molecule is COC(=O)c1ccc(OCc2ccc(C(=O)Nc3nn(Cc4ccccc4F)cc3Cl)o2)cc1. The summed E-state index contributed by atoms with van der Waals surface area (Å²) in [6, 6.07) is 15.8. The van der Waals surface area contributed by atoms with Crippen molar-refractivity contribution in [2.75, 3.05) is 12.4 Å². The van der Waals surface area contributed by atoms with Crippen molar-refractivity contribution in [2.45, 2.75) is 13.2 Å². The number of nitrogens with zero attached hydrogens (tertiary/aromatic N) is 2. The van der Waals surface area contributed by atoms with Crippen molar-refractivity contribution in [1.29, 1.82) is 0 Å². The van der Waals surface area contributed by atoms with Crippen molar-refractivity contribution >= 4 is 29.3 Å². The molecule has 1 N–H and O–H groups in total. The van der Waals surface area contributed by atoms with Crippen molar-refractivity contribution in [3.05, 3.63) is 100 Å². The zero-order chi connectivity index (χ0) is 24.1. The third kappa shape index (κ3) is 5.44. The number of carbonyl (C=O) groups is 2. The molecule has 0 aliphatic carbocycles. The maximum atomic E-state index is 13.9. The minimum Gasteiger partial charge on any atom is -0.486 e. The van der Waals surface area contributed by atoms with Crippen LogP contribution < -0.4 is 10.1 Å². The van der Waals surface area contributed by atoms with E-state index in [1.54, 1.807) is 48.5 Å². The summed E-state index contributed by atoms with van der Waals surface area (Å²) in [5.74, 6) is -0.246. The van der Waals surface area contributed by atoms with E-state index in [1.807, 2.05) is 0 Å². The van der Waals surface area contributed by atoms with Gasteiger partial charge in [0.05, 0.1) is 19.2 Å². The number of halogens is 2. The fraction of sp³-hybridized carbons (Fsp3) is 0.125. The summed E-state index contributed by atoms with van der Waals surface area (Å²) in [4.78, 5) is 24.0. The molecule has 0 radical (unpaired) electrons. The monoisotopic (exact) mass is 483 g/mol. The minimum atomic E-state index is -0.549. The van der Waals surface area contributed by atoms with Gasteiger partial charge in [0.2, 0.25) is 0 Å². The fourth-order valence-corrected chi connectivity index (χ4v) is 3.27. The Morgan fingerprint density at radius 1 is 1.12 bits per heavy atom. The van der Waals surface area contributed by atoms with Crippen molar-refractivity contribution < 1.29 is 27.9 Å². The number of anilines is 1. The van der Waals surface area contributed by atoms with Gasteiger partial charge < -0.3 is 19.2 Å². The van der Waals surface area contributed by atoms with Crippen molar-refractivity contribution in [2.24, 2.45) is 0 Å². The highest BCUT2D eigenvalue weighted by atomic mass is 35.5. The third-order valence-corrected chi connectivity index (χ3v) is 5.06. The normalized spacial score (nSPS) is 10.7. The fourth-order valence-electron chi connectivity index (χ4n) is 3.07. The molecule has 174 valence electrons. The van der Waals surface area contributed by atoms with Gasteiger partial charge in [0.1, 0.15) is 29.0 Å². The van der Waals surface area contributed by atoms with Gasteiger partial charge in [0.25, 0.3) is 5.91 Å². The number of amides is 1. The Hall–Kier alpha value is -4.11. The van der Waals surface area contributed by atoms with Gasteiger partial charge in [-0.1, -0.05) is 29.8 Å². The van der Waals surface area contributed by atoms with Crippen LogP contribution in [-0.4, -0.2) is 28.8 Å². The lowest BCUT2D eigenvalue weighted by Gasteiger charge is -2.05. The molecule has 8 nitrogen and oxygen atoms in total. The maximum absolute atomic E-state index is 13.9. The van der Waals surface area contributed by atoms with Crippen LogP contribution in [0.4, 0.5) is 10.2 Å². The van der Waals surface area contributed by atoms with E-state index >= 15 is 0 Å². The number of aromatic nitrogens is 2. The molecule has 0 fully saturated rings. The Bertz CT molecular complexity index is 1320. The Morgan fingerprint density at radius 3 is 2.62 bits per heavy atom. The lowest BCUT2D eigenvalue weighted by Crippen LogP contribution is -2.12. The third-order valence-electron chi connectivity index (χ3n) is 4.78. The van der Waals surface area contributed by atoms with E-state index < -0.39 is 11.9 Å². The molecule has 2 aromatic carbocycles. The van der Waals surface area contributed by atoms with Gasteiger partial charge >= 0.3 is 5.97 Å². The van der Waals surface area contributed by atoms with Crippen LogP contribution in [0.1, 0.15) is 32.2 Å².